The number of hydrogen-bond donors (Lipinski definition) is 2. The van der Waals surface area contributed by atoms with Crippen LogP contribution in [0.1, 0.15) is 21.9 Å². The number of rotatable bonds is 6. The van der Waals surface area contributed by atoms with Gasteiger partial charge in [0.15, 0.2) is 22.7 Å². The molecule has 0 saturated carbocycles. The van der Waals surface area contributed by atoms with Crippen molar-refractivity contribution in [3.63, 3.8) is 0 Å². The van der Waals surface area contributed by atoms with Gasteiger partial charge in [0.2, 0.25) is 0 Å². The van der Waals surface area contributed by atoms with Crippen LogP contribution in [-0.2, 0) is 5.60 Å². The van der Waals surface area contributed by atoms with E-state index in [-0.39, 0.29) is 12.3 Å². The van der Waals surface area contributed by atoms with E-state index >= 15 is 0 Å². The van der Waals surface area contributed by atoms with E-state index in [4.69, 9.17) is 13.6 Å². The van der Waals surface area contributed by atoms with Crippen molar-refractivity contribution < 1.29 is 23.5 Å². The number of hydrogen-bond acceptors (Lipinski definition) is 6. The van der Waals surface area contributed by atoms with Gasteiger partial charge in [-0.15, -0.1) is 0 Å². The first-order valence-electron chi connectivity index (χ1n) is 8.25. The average Bonchev–Trinajstić information content (AvgIpc) is 3.45. The highest BCUT2D eigenvalue weighted by Crippen LogP contribution is 2.32. The topological polar surface area (TPSA) is 84.8 Å². The van der Waals surface area contributed by atoms with E-state index in [9.17, 15) is 9.90 Å². The van der Waals surface area contributed by atoms with Gasteiger partial charge in [-0.3, -0.25) is 4.79 Å². The van der Waals surface area contributed by atoms with Crippen LogP contribution >= 0.6 is 11.3 Å². The number of methoxy groups -OCH3 is 1. The maximum Gasteiger partial charge on any atom is 0.287 e. The standard InChI is InChI=1S/C20H17NO5S/c1-24-15-5-2-4-13-10-16(26-18(13)15)19(22)21-12-20(23,14-7-9-27-11-14)17-6-3-8-25-17/h2-11,23H,12H2,1H3,(H,21,22)/t20-/m0/s1. The van der Waals surface area contributed by atoms with E-state index in [0.29, 0.717) is 22.7 Å². The molecule has 0 unspecified atom stereocenters. The molecule has 7 heteroatoms. The predicted molar refractivity (Wildman–Crippen MR) is 101 cm³/mol. The largest absolute Gasteiger partial charge is 0.493 e. The van der Waals surface area contributed by atoms with Gasteiger partial charge in [0, 0.05) is 10.9 Å². The van der Waals surface area contributed by atoms with Gasteiger partial charge in [-0.25, -0.2) is 0 Å². The van der Waals surface area contributed by atoms with E-state index in [2.05, 4.69) is 5.32 Å². The summed E-state index contributed by atoms with van der Waals surface area (Å²) < 4.78 is 16.3. The van der Waals surface area contributed by atoms with Crippen molar-refractivity contribution in [1.82, 2.24) is 5.32 Å². The van der Waals surface area contributed by atoms with Crippen LogP contribution in [0.5, 0.6) is 5.75 Å². The summed E-state index contributed by atoms with van der Waals surface area (Å²) in [6.07, 6.45) is 1.49. The van der Waals surface area contributed by atoms with Crippen molar-refractivity contribution in [2.24, 2.45) is 0 Å². The van der Waals surface area contributed by atoms with E-state index in [0.717, 1.165) is 5.39 Å². The number of nitrogens with one attached hydrogen (secondary N) is 1. The van der Waals surface area contributed by atoms with Crippen molar-refractivity contribution >= 4 is 28.2 Å². The molecule has 27 heavy (non-hydrogen) atoms. The zero-order valence-electron chi connectivity index (χ0n) is 14.5. The molecule has 4 aromatic rings. The Kier molecular flexibility index (Phi) is 4.47. The highest BCUT2D eigenvalue weighted by molar-refractivity contribution is 7.08. The molecular weight excluding hydrogens is 366 g/mol. The lowest BCUT2D eigenvalue weighted by Gasteiger charge is -2.25. The molecule has 0 aliphatic carbocycles. The average molecular weight is 383 g/mol. The van der Waals surface area contributed by atoms with Crippen molar-refractivity contribution in [1.29, 1.82) is 0 Å². The molecule has 0 bridgehead atoms. The van der Waals surface area contributed by atoms with E-state index in [1.54, 1.807) is 37.4 Å². The zero-order valence-corrected chi connectivity index (χ0v) is 15.3. The van der Waals surface area contributed by atoms with Crippen molar-refractivity contribution in [3.8, 4) is 5.75 Å². The fraction of sp³-hybridized carbons (Fsp3) is 0.150. The summed E-state index contributed by atoms with van der Waals surface area (Å²) in [6, 6.07) is 12.2. The molecule has 0 fully saturated rings. The second kappa shape index (κ2) is 6.94. The first-order valence-corrected chi connectivity index (χ1v) is 9.20. The minimum atomic E-state index is -1.47. The molecule has 0 aliphatic rings. The third-order valence-electron chi connectivity index (χ3n) is 4.38. The molecule has 1 amide bonds. The van der Waals surface area contributed by atoms with Crippen LogP contribution in [0.4, 0.5) is 0 Å². The zero-order chi connectivity index (χ0) is 18.9. The molecule has 1 atom stereocenters. The van der Waals surface area contributed by atoms with Gasteiger partial charge in [0.1, 0.15) is 5.76 Å². The molecule has 0 aliphatic heterocycles. The van der Waals surface area contributed by atoms with Crippen LogP contribution in [0.25, 0.3) is 11.0 Å². The summed E-state index contributed by atoms with van der Waals surface area (Å²) in [4.78, 5) is 12.6. The summed E-state index contributed by atoms with van der Waals surface area (Å²) >= 11 is 1.45. The minimum absolute atomic E-state index is 0.0652. The van der Waals surface area contributed by atoms with Gasteiger partial charge in [0.25, 0.3) is 5.91 Å². The number of thiophene rings is 1. The van der Waals surface area contributed by atoms with E-state index < -0.39 is 11.5 Å². The molecule has 138 valence electrons. The molecule has 1 aromatic carbocycles. The fourth-order valence-corrected chi connectivity index (χ4v) is 3.67. The molecule has 3 aromatic heterocycles. The summed E-state index contributed by atoms with van der Waals surface area (Å²) in [7, 11) is 1.54. The number of para-hydroxylation sites is 1. The van der Waals surface area contributed by atoms with Crippen LogP contribution in [0.2, 0.25) is 0 Å². The number of benzene rings is 1. The van der Waals surface area contributed by atoms with Crippen molar-refractivity contribution in [2.45, 2.75) is 5.60 Å². The highest BCUT2D eigenvalue weighted by atomic mass is 32.1. The van der Waals surface area contributed by atoms with Crippen LogP contribution in [0, 0.1) is 0 Å². The second-order valence-electron chi connectivity index (χ2n) is 6.02. The maximum absolute atomic E-state index is 12.6. The quantitative estimate of drug-likeness (QED) is 0.530. The summed E-state index contributed by atoms with van der Waals surface area (Å²) in [5.41, 5.74) is -0.318. The number of amides is 1. The lowest BCUT2D eigenvalue weighted by Crippen LogP contribution is -2.41. The number of ether oxygens (including phenoxy) is 1. The first-order chi connectivity index (χ1) is 13.1. The highest BCUT2D eigenvalue weighted by Gasteiger charge is 2.35. The predicted octanol–water partition coefficient (Wildman–Crippen LogP) is 3.76. The Hall–Kier alpha value is -3.03. The van der Waals surface area contributed by atoms with Gasteiger partial charge in [-0.05, 0) is 41.1 Å². The fourth-order valence-electron chi connectivity index (χ4n) is 2.95. The Morgan fingerprint density at radius 1 is 1.30 bits per heavy atom. The monoisotopic (exact) mass is 383 g/mol. The van der Waals surface area contributed by atoms with Gasteiger partial charge in [-0.1, -0.05) is 12.1 Å². The summed E-state index contributed by atoms with van der Waals surface area (Å²) in [5, 5.41) is 18.4. The summed E-state index contributed by atoms with van der Waals surface area (Å²) in [5.74, 6) is 0.611. The third-order valence-corrected chi connectivity index (χ3v) is 5.07. The maximum atomic E-state index is 12.6. The van der Waals surface area contributed by atoms with Gasteiger partial charge < -0.3 is 24.0 Å². The molecule has 0 radical (unpaired) electrons. The number of fused-ring (bicyclic) bond motifs is 1. The molecular formula is C20H17NO5S. The molecule has 2 N–H and O–H groups in total. The minimum Gasteiger partial charge on any atom is -0.493 e. The van der Waals surface area contributed by atoms with Gasteiger partial charge in [-0.2, -0.15) is 11.3 Å². The normalized spacial score (nSPS) is 13.4. The summed E-state index contributed by atoms with van der Waals surface area (Å²) in [6.45, 7) is -0.0652. The Bertz CT molecular complexity index is 1020. The van der Waals surface area contributed by atoms with Crippen LogP contribution in [-0.4, -0.2) is 24.7 Å². The number of aliphatic hydroxyl groups is 1. The SMILES string of the molecule is COc1cccc2cc(C(=O)NC[C@](O)(c3ccsc3)c3ccco3)oc12. The lowest BCUT2D eigenvalue weighted by molar-refractivity contribution is 0.0522. The molecule has 0 saturated heterocycles. The van der Waals surface area contributed by atoms with Gasteiger partial charge >= 0.3 is 0 Å². The van der Waals surface area contributed by atoms with Gasteiger partial charge in [0.05, 0.1) is 19.9 Å². The number of carbonyl (C=O) groups excluding carboxylic acids is 1. The number of furan rings is 2. The molecule has 0 spiro atoms. The van der Waals surface area contributed by atoms with Crippen molar-refractivity contribution in [2.75, 3.05) is 13.7 Å². The molecule has 6 nitrogen and oxygen atoms in total. The Balaban J connectivity index is 1.59. The molecule has 3 heterocycles. The van der Waals surface area contributed by atoms with Crippen molar-refractivity contribution in [3.05, 3.63) is 76.6 Å². The Morgan fingerprint density at radius 3 is 2.89 bits per heavy atom. The second-order valence-corrected chi connectivity index (χ2v) is 6.80. The lowest BCUT2D eigenvalue weighted by atomic mass is 9.93. The van der Waals surface area contributed by atoms with E-state index in [1.807, 2.05) is 22.9 Å². The van der Waals surface area contributed by atoms with Crippen LogP contribution in [0.3, 0.4) is 0 Å². The Labute approximate surface area is 159 Å². The smallest absolute Gasteiger partial charge is 0.287 e. The molecule has 4 rings (SSSR count). The first kappa shape index (κ1) is 17.4. The van der Waals surface area contributed by atoms with Crippen LogP contribution in [0.15, 0.2) is 68.3 Å². The number of carbonyl (C=O) groups is 1. The van der Waals surface area contributed by atoms with Crippen LogP contribution < -0.4 is 10.1 Å². The van der Waals surface area contributed by atoms with E-state index in [1.165, 1.54) is 17.6 Å². The third kappa shape index (κ3) is 3.11. The Morgan fingerprint density at radius 2 is 2.19 bits per heavy atom.